The largest absolute Gasteiger partial charge is 0.352 e. The van der Waals surface area contributed by atoms with Crippen LogP contribution in [0, 0.1) is 27.7 Å². The zero-order valence-corrected chi connectivity index (χ0v) is 19.6. The van der Waals surface area contributed by atoms with Crippen molar-refractivity contribution in [3.05, 3.63) is 80.0 Å². The van der Waals surface area contributed by atoms with Gasteiger partial charge in [0, 0.05) is 30.1 Å². The van der Waals surface area contributed by atoms with Gasteiger partial charge in [0.25, 0.3) is 5.56 Å². The van der Waals surface area contributed by atoms with Crippen LogP contribution in [0.25, 0.3) is 10.2 Å². The molecule has 0 atom stereocenters. The van der Waals surface area contributed by atoms with Crippen LogP contribution < -0.4 is 10.9 Å². The predicted molar refractivity (Wildman–Crippen MR) is 127 cm³/mol. The van der Waals surface area contributed by atoms with Crippen LogP contribution in [0.4, 0.5) is 0 Å². The molecule has 0 bridgehead atoms. The summed E-state index contributed by atoms with van der Waals surface area (Å²) in [6.07, 6.45) is 1.76. The van der Waals surface area contributed by atoms with Crippen LogP contribution in [0.3, 0.4) is 0 Å². The fourth-order valence-corrected chi connectivity index (χ4v) is 4.77. The number of nitrogens with zero attached hydrogens (tertiary/aromatic N) is 4. The Kier molecular flexibility index (Phi) is 6.23. The van der Waals surface area contributed by atoms with E-state index in [2.05, 4.69) is 33.6 Å². The summed E-state index contributed by atoms with van der Waals surface area (Å²) in [6, 6.07) is 10.2. The van der Waals surface area contributed by atoms with Crippen molar-refractivity contribution < 1.29 is 4.79 Å². The average Bonchev–Trinajstić information content (AvgIpc) is 3.23. The van der Waals surface area contributed by atoms with Gasteiger partial charge in [-0.15, -0.1) is 11.3 Å². The van der Waals surface area contributed by atoms with E-state index >= 15 is 0 Å². The van der Waals surface area contributed by atoms with Gasteiger partial charge < -0.3 is 5.32 Å². The summed E-state index contributed by atoms with van der Waals surface area (Å²) < 4.78 is 3.50. The minimum Gasteiger partial charge on any atom is -0.352 e. The van der Waals surface area contributed by atoms with Crippen molar-refractivity contribution in [3.8, 4) is 0 Å². The zero-order valence-electron chi connectivity index (χ0n) is 18.8. The van der Waals surface area contributed by atoms with Crippen molar-refractivity contribution in [2.45, 2.75) is 53.8 Å². The Bertz CT molecular complexity index is 1350. The van der Waals surface area contributed by atoms with Gasteiger partial charge in [0.05, 0.1) is 24.0 Å². The fraction of sp³-hybridized carbons (Fsp3) is 0.333. The molecule has 1 amide bonds. The number of hydrogen-bond acceptors (Lipinski definition) is 5. The monoisotopic (exact) mass is 449 g/mol. The zero-order chi connectivity index (χ0) is 22.8. The number of rotatable bonds is 7. The van der Waals surface area contributed by atoms with E-state index in [9.17, 15) is 9.59 Å². The van der Waals surface area contributed by atoms with Crippen molar-refractivity contribution in [2.75, 3.05) is 0 Å². The third kappa shape index (κ3) is 4.65. The van der Waals surface area contributed by atoms with Gasteiger partial charge in [-0.25, -0.2) is 4.98 Å². The fourth-order valence-electron chi connectivity index (χ4n) is 3.79. The van der Waals surface area contributed by atoms with Gasteiger partial charge in [0.2, 0.25) is 5.91 Å². The lowest BCUT2D eigenvalue weighted by Crippen LogP contribution is -2.27. The van der Waals surface area contributed by atoms with Crippen molar-refractivity contribution in [3.63, 3.8) is 0 Å². The highest BCUT2D eigenvalue weighted by Crippen LogP contribution is 2.25. The molecule has 0 unspecified atom stereocenters. The highest BCUT2D eigenvalue weighted by molar-refractivity contribution is 7.18. The van der Waals surface area contributed by atoms with E-state index in [1.54, 1.807) is 0 Å². The van der Waals surface area contributed by atoms with E-state index in [0.29, 0.717) is 25.0 Å². The SMILES string of the molecule is Cc1cc(C)n(Cc2cccc(CNC(=O)CCn3cnc4sc(C)c(C)c4c3=O)c2)n1. The molecular weight excluding hydrogens is 422 g/mol. The Morgan fingerprint density at radius 2 is 1.91 bits per heavy atom. The summed E-state index contributed by atoms with van der Waals surface area (Å²) in [5.74, 6) is -0.0980. The Morgan fingerprint density at radius 1 is 1.12 bits per heavy atom. The molecule has 0 aliphatic carbocycles. The lowest BCUT2D eigenvalue weighted by atomic mass is 10.1. The van der Waals surface area contributed by atoms with Gasteiger partial charge in [-0.2, -0.15) is 5.10 Å². The minimum absolute atomic E-state index is 0.0819. The molecule has 32 heavy (non-hydrogen) atoms. The Balaban J connectivity index is 1.35. The van der Waals surface area contributed by atoms with E-state index in [4.69, 9.17) is 0 Å². The Hall–Kier alpha value is -3.26. The lowest BCUT2D eigenvalue weighted by Gasteiger charge is -2.09. The summed E-state index contributed by atoms with van der Waals surface area (Å²) in [7, 11) is 0. The second kappa shape index (κ2) is 9.08. The molecule has 0 saturated heterocycles. The molecule has 3 aromatic heterocycles. The molecule has 1 N–H and O–H groups in total. The first-order chi connectivity index (χ1) is 15.3. The molecule has 7 nitrogen and oxygen atoms in total. The number of amides is 1. The molecule has 0 aliphatic heterocycles. The number of benzene rings is 1. The van der Waals surface area contributed by atoms with Crippen molar-refractivity contribution in [2.24, 2.45) is 0 Å². The molecule has 4 aromatic rings. The second-order valence-corrected chi connectivity index (χ2v) is 9.34. The van der Waals surface area contributed by atoms with Crippen LogP contribution >= 0.6 is 11.3 Å². The quantitative estimate of drug-likeness (QED) is 0.467. The number of fused-ring (bicyclic) bond motifs is 1. The average molecular weight is 450 g/mol. The topological polar surface area (TPSA) is 81.8 Å². The third-order valence-corrected chi connectivity index (χ3v) is 6.77. The Morgan fingerprint density at radius 3 is 2.66 bits per heavy atom. The maximum absolute atomic E-state index is 12.8. The number of aryl methyl sites for hydroxylation is 5. The van der Waals surface area contributed by atoms with Crippen molar-refractivity contribution in [1.82, 2.24) is 24.6 Å². The first-order valence-electron chi connectivity index (χ1n) is 10.6. The smallest absolute Gasteiger partial charge is 0.262 e. The number of aromatic nitrogens is 4. The highest BCUT2D eigenvalue weighted by atomic mass is 32.1. The molecule has 1 aromatic carbocycles. The molecular formula is C24H27N5O2S. The molecule has 0 fully saturated rings. The summed E-state index contributed by atoms with van der Waals surface area (Å²) >= 11 is 1.53. The molecule has 0 spiro atoms. The molecule has 0 radical (unpaired) electrons. The number of carbonyl (C=O) groups excluding carboxylic acids is 1. The normalized spacial score (nSPS) is 11.2. The van der Waals surface area contributed by atoms with Gasteiger partial charge >= 0.3 is 0 Å². The summed E-state index contributed by atoms with van der Waals surface area (Å²) in [4.78, 5) is 31.4. The van der Waals surface area contributed by atoms with Crippen LogP contribution in [-0.2, 0) is 24.4 Å². The maximum atomic E-state index is 12.8. The van der Waals surface area contributed by atoms with Crippen LogP contribution in [0.15, 0.2) is 41.5 Å². The first kappa shape index (κ1) is 22.0. The summed E-state index contributed by atoms with van der Waals surface area (Å²) in [5, 5.41) is 8.12. The van der Waals surface area contributed by atoms with E-state index < -0.39 is 0 Å². The minimum atomic E-state index is -0.0980. The van der Waals surface area contributed by atoms with Gasteiger partial charge in [0.1, 0.15) is 4.83 Å². The van der Waals surface area contributed by atoms with Crippen molar-refractivity contribution >= 4 is 27.5 Å². The van der Waals surface area contributed by atoms with Crippen LogP contribution in [0.2, 0.25) is 0 Å². The van der Waals surface area contributed by atoms with Gasteiger partial charge in [0.15, 0.2) is 0 Å². The van der Waals surface area contributed by atoms with Crippen LogP contribution in [0.5, 0.6) is 0 Å². The van der Waals surface area contributed by atoms with Gasteiger partial charge in [-0.05, 0) is 50.5 Å². The van der Waals surface area contributed by atoms with E-state index in [1.807, 2.05) is 44.5 Å². The molecule has 0 saturated carbocycles. The van der Waals surface area contributed by atoms with Crippen molar-refractivity contribution in [1.29, 1.82) is 0 Å². The van der Waals surface area contributed by atoms with Crippen LogP contribution in [-0.4, -0.2) is 25.2 Å². The maximum Gasteiger partial charge on any atom is 0.262 e. The predicted octanol–water partition coefficient (Wildman–Crippen LogP) is 3.64. The number of carbonyl (C=O) groups is 1. The molecule has 0 aliphatic rings. The number of thiophene rings is 1. The molecule has 8 heteroatoms. The third-order valence-electron chi connectivity index (χ3n) is 5.65. The lowest BCUT2D eigenvalue weighted by molar-refractivity contribution is -0.121. The number of nitrogens with one attached hydrogen (secondary N) is 1. The summed E-state index contributed by atoms with van der Waals surface area (Å²) in [5.41, 5.74) is 5.18. The van der Waals surface area contributed by atoms with E-state index in [-0.39, 0.29) is 17.9 Å². The van der Waals surface area contributed by atoms with E-state index in [1.165, 1.54) is 22.2 Å². The Labute approximate surface area is 190 Å². The summed E-state index contributed by atoms with van der Waals surface area (Å²) in [6.45, 7) is 9.41. The number of hydrogen-bond donors (Lipinski definition) is 1. The standard InChI is InChI=1S/C24H27N5O2S/c1-15-10-16(2)29(27-15)13-20-7-5-6-19(11-20)12-25-21(30)8-9-28-14-26-23-22(24(28)31)17(3)18(4)32-23/h5-7,10-11,14H,8-9,12-13H2,1-4H3,(H,25,30). The molecule has 166 valence electrons. The highest BCUT2D eigenvalue weighted by Gasteiger charge is 2.13. The van der Waals surface area contributed by atoms with Crippen LogP contribution in [0.1, 0.15) is 39.4 Å². The van der Waals surface area contributed by atoms with E-state index in [0.717, 1.165) is 37.8 Å². The van der Waals surface area contributed by atoms with Gasteiger partial charge in [-0.1, -0.05) is 24.3 Å². The molecule has 4 rings (SSSR count). The second-order valence-electron chi connectivity index (χ2n) is 8.14. The van der Waals surface area contributed by atoms with Gasteiger partial charge in [-0.3, -0.25) is 18.8 Å². The molecule has 3 heterocycles. The first-order valence-corrected chi connectivity index (χ1v) is 11.4.